The number of hydrogen-bond acceptors (Lipinski definition) is 5. The summed E-state index contributed by atoms with van der Waals surface area (Å²) in [6, 6.07) is 15.8. The smallest absolute Gasteiger partial charge is 0.266 e. The molecule has 118 valence electrons. The second kappa shape index (κ2) is 4.40. The molecule has 0 atom stereocenters. The molecule has 25 heavy (non-hydrogen) atoms. The molecule has 4 aromatic heterocycles. The van der Waals surface area contributed by atoms with E-state index < -0.39 is 0 Å². The van der Waals surface area contributed by atoms with Crippen LogP contribution in [0.1, 0.15) is 0 Å². The van der Waals surface area contributed by atoms with E-state index in [4.69, 9.17) is 4.98 Å². The van der Waals surface area contributed by atoms with Crippen molar-refractivity contribution in [2.24, 2.45) is 0 Å². The highest BCUT2D eigenvalue weighted by molar-refractivity contribution is 7.25. The lowest BCUT2D eigenvalue weighted by atomic mass is 10.2. The third-order valence-electron chi connectivity index (χ3n) is 4.53. The van der Waals surface area contributed by atoms with Crippen LogP contribution < -0.4 is 5.56 Å². The van der Waals surface area contributed by atoms with Crippen molar-refractivity contribution in [2.75, 3.05) is 0 Å². The predicted molar refractivity (Wildman–Crippen MR) is 98.4 cm³/mol. The lowest BCUT2D eigenvalue weighted by Gasteiger charge is -2.08. The van der Waals surface area contributed by atoms with Crippen molar-refractivity contribution in [3.05, 3.63) is 65.2 Å². The van der Waals surface area contributed by atoms with E-state index in [2.05, 4.69) is 10.2 Å². The number of thiophene rings is 1. The average Bonchev–Trinajstić information content (AvgIpc) is 3.27. The average molecular weight is 343 g/mol. The Morgan fingerprint density at radius 3 is 2.44 bits per heavy atom. The van der Waals surface area contributed by atoms with Crippen LogP contribution in [0, 0.1) is 0 Å². The molecule has 0 saturated carbocycles. The molecule has 0 aliphatic carbocycles. The molecule has 7 heteroatoms. The minimum atomic E-state index is -0.100. The van der Waals surface area contributed by atoms with Gasteiger partial charge in [0.05, 0.1) is 5.52 Å². The van der Waals surface area contributed by atoms with Crippen molar-refractivity contribution >= 4 is 53.7 Å². The topological polar surface area (TPSA) is 64.6 Å². The molecule has 2 aromatic carbocycles. The molecule has 0 aliphatic heterocycles. The van der Waals surface area contributed by atoms with Crippen LogP contribution in [0.2, 0.25) is 0 Å². The van der Waals surface area contributed by atoms with Crippen LogP contribution >= 0.6 is 11.3 Å². The Morgan fingerprint density at radius 2 is 1.60 bits per heavy atom. The number of nitrogens with zero attached hydrogens (tertiary/aromatic N) is 5. The fourth-order valence-corrected chi connectivity index (χ4v) is 4.50. The Hall–Kier alpha value is -3.32. The summed E-state index contributed by atoms with van der Waals surface area (Å²) in [7, 11) is 0. The fraction of sp³-hybridized carbons (Fsp3) is 0. The first-order chi connectivity index (χ1) is 12.3. The highest BCUT2D eigenvalue weighted by Crippen LogP contribution is 2.31. The van der Waals surface area contributed by atoms with Gasteiger partial charge in [-0.2, -0.15) is 4.52 Å². The van der Waals surface area contributed by atoms with Crippen LogP contribution in [-0.4, -0.2) is 24.2 Å². The maximum atomic E-state index is 13.3. The van der Waals surface area contributed by atoms with Gasteiger partial charge in [-0.05, 0) is 6.07 Å². The molecular formula is C18H9N5OS. The first-order valence-corrected chi connectivity index (χ1v) is 8.59. The molecule has 6 aromatic rings. The Balaban J connectivity index is 2.03. The zero-order valence-corrected chi connectivity index (χ0v) is 13.6. The van der Waals surface area contributed by atoms with E-state index in [1.807, 2.05) is 48.5 Å². The minimum absolute atomic E-state index is 0.100. The van der Waals surface area contributed by atoms with E-state index >= 15 is 0 Å². The van der Waals surface area contributed by atoms with Crippen molar-refractivity contribution < 1.29 is 0 Å². The zero-order valence-electron chi connectivity index (χ0n) is 12.7. The third-order valence-corrected chi connectivity index (χ3v) is 5.68. The molecule has 0 radical (unpaired) electrons. The maximum Gasteiger partial charge on any atom is 0.291 e. The number of hydrogen-bond donors (Lipinski definition) is 0. The van der Waals surface area contributed by atoms with Crippen LogP contribution in [-0.2, 0) is 0 Å². The van der Waals surface area contributed by atoms with Crippen molar-refractivity contribution in [3.63, 3.8) is 0 Å². The Morgan fingerprint density at radius 1 is 0.880 bits per heavy atom. The zero-order chi connectivity index (χ0) is 16.5. The molecule has 0 amide bonds. The van der Waals surface area contributed by atoms with Gasteiger partial charge in [-0.25, -0.2) is 9.50 Å². The normalized spacial score (nSPS) is 12.2. The van der Waals surface area contributed by atoms with Gasteiger partial charge >= 0.3 is 0 Å². The Bertz CT molecular complexity index is 1530. The molecule has 0 aliphatic rings. The molecule has 0 N–H and O–H groups in total. The molecule has 6 rings (SSSR count). The number of rotatable bonds is 0. The molecular weight excluding hydrogens is 334 g/mol. The summed E-state index contributed by atoms with van der Waals surface area (Å²) in [6.07, 6.45) is 1.55. The minimum Gasteiger partial charge on any atom is -0.266 e. The van der Waals surface area contributed by atoms with Crippen molar-refractivity contribution in [1.29, 1.82) is 0 Å². The monoisotopic (exact) mass is 343 g/mol. The van der Waals surface area contributed by atoms with Gasteiger partial charge in [0.25, 0.3) is 5.56 Å². The molecule has 0 bridgehead atoms. The van der Waals surface area contributed by atoms with E-state index in [1.165, 1.54) is 11.3 Å². The van der Waals surface area contributed by atoms with Gasteiger partial charge < -0.3 is 0 Å². The quantitative estimate of drug-likeness (QED) is 0.397. The first-order valence-electron chi connectivity index (χ1n) is 7.78. The molecule has 0 fully saturated rings. The molecule has 0 spiro atoms. The number of fused-ring (bicyclic) bond motifs is 9. The molecule has 0 unspecified atom stereocenters. The summed E-state index contributed by atoms with van der Waals surface area (Å²) in [5.41, 5.74) is 1.91. The van der Waals surface area contributed by atoms with Gasteiger partial charge in [-0.3, -0.25) is 4.79 Å². The van der Waals surface area contributed by atoms with Crippen molar-refractivity contribution in [3.8, 4) is 0 Å². The van der Waals surface area contributed by atoms with Gasteiger partial charge in [0.2, 0.25) is 0 Å². The Kier molecular flexibility index (Phi) is 2.29. The maximum absolute atomic E-state index is 13.3. The van der Waals surface area contributed by atoms with Crippen molar-refractivity contribution in [2.45, 2.75) is 0 Å². The number of aromatic nitrogens is 5. The van der Waals surface area contributed by atoms with E-state index in [1.54, 1.807) is 15.4 Å². The van der Waals surface area contributed by atoms with Crippen LogP contribution in [0.15, 0.2) is 59.7 Å². The van der Waals surface area contributed by atoms with Gasteiger partial charge in [0.15, 0.2) is 11.3 Å². The summed E-state index contributed by atoms with van der Waals surface area (Å²) in [4.78, 5) is 18.2. The van der Waals surface area contributed by atoms with Gasteiger partial charge in [-0.1, -0.05) is 42.5 Å². The highest BCUT2D eigenvalue weighted by Gasteiger charge is 2.17. The standard InChI is InChI=1S/C18H9N5OS/c24-18-15-14(12-7-3-4-8-13(12)25-15)20-16-10-5-1-2-6-11(10)17-21-19-9-22(17)23(16)18/h1-9H. The summed E-state index contributed by atoms with van der Waals surface area (Å²) < 4.78 is 4.94. The van der Waals surface area contributed by atoms with E-state index in [-0.39, 0.29) is 5.56 Å². The summed E-state index contributed by atoms with van der Waals surface area (Å²) >= 11 is 1.47. The third kappa shape index (κ3) is 1.53. The van der Waals surface area contributed by atoms with Crippen LogP contribution in [0.4, 0.5) is 0 Å². The van der Waals surface area contributed by atoms with Gasteiger partial charge in [-0.15, -0.1) is 21.5 Å². The van der Waals surface area contributed by atoms with Gasteiger partial charge in [0, 0.05) is 20.9 Å². The molecule has 0 saturated heterocycles. The largest absolute Gasteiger partial charge is 0.291 e. The summed E-state index contributed by atoms with van der Waals surface area (Å²) in [6.45, 7) is 0. The fourth-order valence-electron chi connectivity index (χ4n) is 3.43. The lowest BCUT2D eigenvalue weighted by molar-refractivity contribution is 0.816. The predicted octanol–water partition coefficient (Wildman–Crippen LogP) is 3.26. The number of benzene rings is 2. The highest BCUT2D eigenvalue weighted by atomic mass is 32.1. The Labute approximate surface area is 143 Å². The second-order valence-corrected chi connectivity index (χ2v) is 6.93. The lowest BCUT2D eigenvalue weighted by Crippen LogP contribution is -2.20. The van der Waals surface area contributed by atoms with Gasteiger partial charge in [0.1, 0.15) is 11.0 Å². The summed E-state index contributed by atoms with van der Waals surface area (Å²) in [5.74, 6) is 0. The van der Waals surface area contributed by atoms with E-state index in [9.17, 15) is 4.79 Å². The molecule has 6 nitrogen and oxygen atoms in total. The second-order valence-electron chi connectivity index (χ2n) is 5.87. The first kappa shape index (κ1) is 13.0. The molecule has 4 heterocycles. The van der Waals surface area contributed by atoms with Crippen LogP contribution in [0.3, 0.4) is 0 Å². The SMILES string of the molecule is O=c1c2sc3ccccc3c2nc2c3ccccc3c3nncn3n12. The van der Waals surface area contributed by atoms with Crippen LogP contribution in [0.5, 0.6) is 0 Å². The van der Waals surface area contributed by atoms with Crippen molar-refractivity contribution in [1.82, 2.24) is 24.2 Å². The van der Waals surface area contributed by atoms with Crippen LogP contribution in [0.25, 0.3) is 42.4 Å². The van der Waals surface area contributed by atoms with E-state index in [0.29, 0.717) is 16.0 Å². The van der Waals surface area contributed by atoms with E-state index in [0.717, 1.165) is 26.4 Å². The summed E-state index contributed by atoms with van der Waals surface area (Å²) in [5, 5.41) is 11.0.